The van der Waals surface area contributed by atoms with E-state index in [9.17, 15) is 13.2 Å². The first kappa shape index (κ1) is 22.5. The number of hydrogen-bond donors (Lipinski definition) is 2. The summed E-state index contributed by atoms with van der Waals surface area (Å²) in [5.74, 6) is 0.275. The lowest BCUT2D eigenvalue weighted by molar-refractivity contribution is -0.118. The predicted molar refractivity (Wildman–Crippen MR) is 121 cm³/mol. The first-order valence-corrected chi connectivity index (χ1v) is 11.1. The van der Waals surface area contributed by atoms with Crippen molar-refractivity contribution in [2.24, 2.45) is 0 Å². The van der Waals surface area contributed by atoms with Crippen LogP contribution in [0, 0.1) is 6.92 Å². The Morgan fingerprint density at radius 1 is 1.00 bits per heavy atom. The summed E-state index contributed by atoms with van der Waals surface area (Å²) in [5, 5.41) is 3.12. The molecule has 0 saturated heterocycles. The maximum atomic E-state index is 12.9. The highest BCUT2D eigenvalue weighted by molar-refractivity contribution is 7.92. The minimum Gasteiger partial charge on any atom is -0.495 e. The van der Waals surface area contributed by atoms with E-state index in [0.29, 0.717) is 16.5 Å². The van der Waals surface area contributed by atoms with E-state index in [1.54, 1.807) is 36.4 Å². The summed E-state index contributed by atoms with van der Waals surface area (Å²) in [7, 11) is -2.62. The van der Waals surface area contributed by atoms with Crippen LogP contribution in [0.4, 0.5) is 11.4 Å². The fourth-order valence-electron chi connectivity index (χ4n) is 2.74. The molecule has 3 aromatic rings. The number of sulfonamides is 1. The Hall–Kier alpha value is -3.23. The van der Waals surface area contributed by atoms with Gasteiger partial charge >= 0.3 is 0 Å². The van der Waals surface area contributed by atoms with Crippen molar-refractivity contribution in [3.05, 3.63) is 77.3 Å². The number of carbonyl (C=O) groups is 1. The predicted octanol–water partition coefficient (Wildman–Crippen LogP) is 4.48. The molecular weight excluding hydrogens is 440 g/mol. The van der Waals surface area contributed by atoms with Gasteiger partial charge in [-0.2, -0.15) is 0 Å². The number of rotatable bonds is 8. The van der Waals surface area contributed by atoms with E-state index in [0.717, 1.165) is 5.56 Å². The topological polar surface area (TPSA) is 93.7 Å². The van der Waals surface area contributed by atoms with Gasteiger partial charge in [-0.1, -0.05) is 23.7 Å². The summed E-state index contributed by atoms with van der Waals surface area (Å²) in [4.78, 5) is 12.1. The maximum Gasteiger partial charge on any atom is 0.265 e. The third kappa shape index (κ3) is 6.13. The Morgan fingerprint density at radius 2 is 1.71 bits per heavy atom. The number of methoxy groups -OCH3 is 1. The van der Waals surface area contributed by atoms with Crippen molar-refractivity contribution < 1.29 is 22.7 Å². The number of carbonyl (C=O) groups excluding carboxylic acids is 1. The van der Waals surface area contributed by atoms with Crippen LogP contribution < -0.4 is 19.5 Å². The van der Waals surface area contributed by atoms with Crippen molar-refractivity contribution in [2.75, 3.05) is 23.8 Å². The fourth-order valence-corrected chi connectivity index (χ4v) is 4.12. The van der Waals surface area contributed by atoms with Crippen LogP contribution in [-0.4, -0.2) is 28.0 Å². The number of anilines is 2. The van der Waals surface area contributed by atoms with Gasteiger partial charge in [0.1, 0.15) is 16.4 Å². The Morgan fingerprint density at radius 3 is 2.39 bits per heavy atom. The van der Waals surface area contributed by atoms with Crippen LogP contribution in [0.1, 0.15) is 5.56 Å². The smallest absolute Gasteiger partial charge is 0.265 e. The average molecular weight is 461 g/mol. The largest absolute Gasteiger partial charge is 0.495 e. The van der Waals surface area contributed by atoms with Gasteiger partial charge in [0.15, 0.2) is 6.61 Å². The van der Waals surface area contributed by atoms with Gasteiger partial charge in [0.05, 0.1) is 7.11 Å². The fraction of sp³-hybridized carbons (Fsp3) is 0.136. The monoisotopic (exact) mass is 460 g/mol. The van der Waals surface area contributed by atoms with Crippen LogP contribution >= 0.6 is 11.6 Å². The van der Waals surface area contributed by atoms with E-state index in [1.807, 2.05) is 25.1 Å². The van der Waals surface area contributed by atoms with Gasteiger partial charge in [0.25, 0.3) is 15.9 Å². The second kappa shape index (κ2) is 9.72. The Kier molecular flexibility index (Phi) is 7.04. The average Bonchev–Trinajstić information content (AvgIpc) is 2.74. The van der Waals surface area contributed by atoms with Crippen LogP contribution in [0.15, 0.2) is 71.6 Å². The van der Waals surface area contributed by atoms with Crippen LogP contribution in [0.5, 0.6) is 11.5 Å². The second-order valence-electron chi connectivity index (χ2n) is 6.63. The third-order valence-corrected chi connectivity index (χ3v) is 5.85. The number of hydrogen-bond acceptors (Lipinski definition) is 5. The lowest BCUT2D eigenvalue weighted by atomic mass is 10.2. The molecule has 0 aliphatic heterocycles. The zero-order valence-corrected chi connectivity index (χ0v) is 18.5. The second-order valence-corrected chi connectivity index (χ2v) is 8.72. The van der Waals surface area contributed by atoms with E-state index in [1.165, 1.54) is 19.2 Å². The number of nitrogens with one attached hydrogen (secondary N) is 2. The maximum absolute atomic E-state index is 12.9. The SMILES string of the molecule is COc1ccc(NC(=O)COc2cccc(C)c2)cc1S(=O)(=O)Nc1ccc(Cl)cc1. The van der Waals surface area contributed by atoms with E-state index in [2.05, 4.69) is 10.0 Å². The zero-order valence-electron chi connectivity index (χ0n) is 16.9. The molecule has 0 saturated carbocycles. The first-order valence-electron chi connectivity index (χ1n) is 9.22. The van der Waals surface area contributed by atoms with E-state index in [-0.39, 0.29) is 22.9 Å². The van der Waals surface area contributed by atoms with Crippen molar-refractivity contribution in [1.29, 1.82) is 0 Å². The highest BCUT2D eigenvalue weighted by Crippen LogP contribution is 2.29. The summed E-state index contributed by atoms with van der Waals surface area (Å²) in [6, 6.07) is 17.9. The first-order chi connectivity index (χ1) is 14.8. The van der Waals surface area contributed by atoms with Crippen LogP contribution in [-0.2, 0) is 14.8 Å². The lowest BCUT2D eigenvalue weighted by Crippen LogP contribution is -2.21. The molecule has 1 amide bonds. The molecular formula is C22H21ClN2O5S. The summed E-state index contributed by atoms with van der Waals surface area (Å²) in [6.07, 6.45) is 0. The molecule has 0 heterocycles. The molecule has 0 fully saturated rings. The van der Waals surface area contributed by atoms with Crippen LogP contribution in [0.25, 0.3) is 0 Å². The molecule has 0 aliphatic carbocycles. The standard InChI is InChI=1S/C22H21ClN2O5S/c1-15-4-3-5-19(12-15)30-14-22(26)24-18-10-11-20(29-2)21(13-18)31(27,28)25-17-8-6-16(23)7-9-17/h3-13,25H,14H2,1-2H3,(H,24,26). The Bertz CT molecular complexity index is 1180. The van der Waals surface area contributed by atoms with Gasteiger partial charge < -0.3 is 14.8 Å². The van der Waals surface area contributed by atoms with Crippen molar-refractivity contribution in [2.45, 2.75) is 11.8 Å². The lowest BCUT2D eigenvalue weighted by Gasteiger charge is -2.14. The number of benzene rings is 3. The number of amides is 1. The Balaban J connectivity index is 1.74. The van der Waals surface area contributed by atoms with Gasteiger partial charge in [0, 0.05) is 16.4 Å². The molecule has 0 aliphatic rings. The molecule has 0 unspecified atom stereocenters. The van der Waals surface area contributed by atoms with Gasteiger partial charge in [-0.15, -0.1) is 0 Å². The Labute approximate surface area is 186 Å². The van der Waals surface area contributed by atoms with Crippen molar-refractivity contribution in [1.82, 2.24) is 0 Å². The number of ether oxygens (including phenoxy) is 2. The summed E-state index contributed by atoms with van der Waals surface area (Å²) in [6.45, 7) is 1.70. The summed E-state index contributed by atoms with van der Waals surface area (Å²) < 4.78 is 38.9. The van der Waals surface area contributed by atoms with E-state index >= 15 is 0 Å². The summed E-state index contributed by atoms with van der Waals surface area (Å²) in [5.41, 5.74) is 1.64. The minimum absolute atomic E-state index is 0.123. The normalized spacial score (nSPS) is 10.9. The zero-order chi connectivity index (χ0) is 22.4. The number of halogens is 1. The molecule has 9 heteroatoms. The molecule has 3 rings (SSSR count). The molecule has 0 bridgehead atoms. The van der Waals surface area contributed by atoms with Gasteiger partial charge in [-0.05, 0) is 67.1 Å². The van der Waals surface area contributed by atoms with Crippen molar-refractivity contribution >= 4 is 38.9 Å². The molecule has 2 N–H and O–H groups in total. The van der Waals surface area contributed by atoms with Gasteiger partial charge in [-0.3, -0.25) is 9.52 Å². The molecule has 7 nitrogen and oxygen atoms in total. The van der Waals surface area contributed by atoms with Gasteiger partial charge in [0.2, 0.25) is 0 Å². The van der Waals surface area contributed by atoms with E-state index in [4.69, 9.17) is 21.1 Å². The van der Waals surface area contributed by atoms with Gasteiger partial charge in [-0.25, -0.2) is 8.42 Å². The molecule has 0 aromatic heterocycles. The third-order valence-electron chi connectivity index (χ3n) is 4.19. The van der Waals surface area contributed by atoms with Crippen LogP contribution in [0.3, 0.4) is 0 Å². The van der Waals surface area contributed by atoms with Crippen LogP contribution in [0.2, 0.25) is 5.02 Å². The molecule has 0 radical (unpaired) electrons. The number of aryl methyl sites for hydroxylation is 1. The molecule has 31 heavy (non-hydrogen) atoms. The highest BCUT2D eigenvalue weighted by atomic mass is 35.5. The van der Waals surface area contributed by atoms with Crippen molar-refractivity contribution in [3.63, 3.8) is 0 Å². The summed E-state index contributed by atoms with van der Waals surface area (Å²) >= 11 is 5.84. The molecule has 162 valence electrons. The minimum atomic E-state index is -3.99. The molecule has 0 atom stereocenters. The van der Waals surface area contributed by atoms with E-state index < -0.39 is 15.9 Å². The quantitative estimate of drug-likeness (QED) is 0.517. The van der Waals surface area contributed by atoms with Crippen molar-refractivity contribution in [3.8, 4) is 11.5 Å². The highest BCUT2D eigenvalue weighted by Gasteiger charge is 2.21. The molecule has 3 aromatic carbocycles. The molecule has 0 spiro atoms.